The Balaban J connectivity index is -0.0000000450. The summed E-state index contributed by atoms with van der Waals surface area (Å²) in [5.41, 5.74) is 0. The van der Waals surface area contributed by atoms with Gasteiger partial charge >= 0.3 is 34.4 Å². The predicted molar refractivity (Wildman–Crippen MR) is 11.1 cm³/mol. The third-order valence-corrected chi connectivity index (χ3v) is 0. The summed E-state index contributed by atoms with van der Waals surface area (Å²) < 4.78 is 0. The van der Waals surface area contributed by atoms with Gasteiger partial charge in [-0.25, -0.2) is 0 Å². The van der Waals surface area contributed by atoms with E-state index in [4.69, 9.17) is 15.0 Å². The van der Waals surface area contributed by atoms with Crippen LogP contribution in [0.4, 0.5) is 4.79 Å². The van der Waals surface area contributed by atoms with E-state index in [1.807, 2.05) is 0 Å². The monoisotopic (exact) mass is 150 g/mol. The first kappa shape index (κ1) is 16.2. The van der Waals surface area contributed by atoms with Gasteiger partial charge in [0.2, 0.25) is 0 Å². The summed E-state index contributed by atoms with van der Waals surface area (Å²) >= 11 is 0. The Morgan fingerprint density at radius 1 is 1.33 bits per heavy atom. The first-order chi connectivity index (χ1) is 1.73. The van der Waals surface area contributed by atoms with Crippen LogP contribution in [0.15, 0.2) is 0 Å². The Labute approximate surface area is 56.0 Å². The van der Waals surface area contributed by atoms with Crippen LogP contribution in [0.5, 0.6) is 0 Å². The molecule has 0 aromatic carbocycles. The van der Waals surface area contributed by atoms with E-state index >= 15 is 0 Å². The zero-order valence-electron chi connectivity index (χ0n) is 2.60. The van der Waals surface area contributed by atoms with Crippen molar-refractivity contribution in [2.45, 2.75) is 0 Å². The SMILES string of the molecule is O=C([O-])[O-].[Al+3].[Cu+2]. The topological polar surface area (TPSA) is 63.2 Å². The summed E-state index contributed by atoms with van der Waals surface area (Å²) in [4.78, 5) is 8.33. The molecule has 0 heterocycles. The quantitative estimate of drug-likeness (QED) is 0.350. The van der Waals surface area contributed by atoms with Crippen LogP contribution in [0.1, 0.15) is 0 Å². The van der Waals surface area contributed by atoms with Gasteiger partial charge in [-0.05, 0) is 6.16 Å². The van der Waals surface area contributed by atoms with E-state index in [1.165, 1.54) is 0 Å². The Morgan fingerprint density at radius 2 is 1.33 bits per heavy atom. The molecule has 0 fully saturated rings. The van der Waals surface area contributed by atoms with Gasteiger partial charge < -0.3 is 15.0 Å². The third-order valence-electron chi connectivity index (χ3n) is 0. The first-order valence-corrected chi connectivity index (χ1v) is 0.612. The maximum atomic E-state index is 8.33. The van der Waals surface area contributed by atoms with Crippen LogP contribution in [0.3, 0.4) is 0 Å². The van der Waals surface area contributed by atoms with Crippen LogP contribution in [-0.4, -0.2) is 23.5 Å². The molecule has 0 aliphatic heterocycles. The van der Waals surface area contributed by atoms with Crippen molar-refractivity contribution in [1.82, 2.24) is 0 Å². The summed E-state index contributed by atoms with van der Waals surface area (Å²) in [6.45, 7) is 0. The molecule has 0 atom stereocenters. The Morgan fingerprint density at radius 3 is 1.33 bits per heavy atom. The maximum absolute atomic E-state index is 8.33. The number of carboxylic acid groups (broad SMARTS) is 2. The van der Waals surface area contributed by atoms with Gasteiger partial charge in [-0.2, -0.15) is 0 Å². The van der Waals surface area contributed by atoms with E-state index in [9.17, 15) is 0 Å². The minimum atomic E-state index is -2.33. The van der Waals surface area contributed by atoms with Crippen molar-refractivity contribution in [3.63, 3.8) is 0 Å². The molecular formula is CAlCuO3+3. The fourth-order valence-electron chi connectivity index (χ4n) is 0. The summed E-state index contributed by atoms with van der Waals surface area (Å²) in [6, 6.07) is 0. The molecule has 0 aromatic rings. The number of hydrogen-bond acceptors (Lipinski definition) is 3. The van der Waals surface area contributed by atoms with E-state index in [2.05, 4.69) is 0 Å². The molecule has 3 nitrogen and oxygen atoms in total. The molecule has 0 aliphatic rings. The van der Waals surface area contributed by atoms with Crippen molar-refractivity contribution in [3.8, 4) is 0 Å². The van der Waals surface area contributed by atoms with Crippen molar-refractivity contribution in [2.75, 3.05) is 0 Å². The molecule has 0 rings (SSSR count). The minimum absolute atomic E-state index is 0. The molecule has 0 bridgehead atoms. The molecule has 0 saturated carbocycles. The Hall–Kier alpha value is 0.322. The van der Waals surface area contributed by atoms with Crippen LogP contribution in [0, 0.1) is 0 Å². The molecule has 6 heavy (non-hydrogen) atoms. The van der Waals surface area contributed by atoms with Gasteiger partial charge in [-0.3, -0.25) is 0 Å². The number of rotatable bonds is 0. The number of carbonyl (C=O) groups excluding carboxylic acids is 1. The number of hydrogen-bond donors (Lipinski definition) is 0. The van der Waals surface area contributed by atoms with Gasteiger partial charge in [-0.15, -0.1) is 0 Å². The van der Waals surface area contributed by atoms with Crippen molar-refractivity contribution in [3.05, 3.63) is 0 Å². The van der Waals surface area contributed by atoms with Crippen LogP contribution >= 0.6 is 0 Å². The molecule has 0 unspecified atom stereocenters. The van der Waals surface area contributed by atoms with Gasteiger partial charge in [0.15, 0.2) is 0 Å². The van der Waals surface area contributed by atoms with Crippen LogP contribution in [0.25, 0.3) is 0 Å². The average Bonchev–Trinajstić information content (AvgIpc) is 0.811. The van der Waals surface area contributed by atoms with Crippen molar-refractivity contribution >= 4 is 23.5 Å². The van der Waals surface area contributed by atoms with Crippen LogP contribution < -0.4 is 10.2 Å². The van der Waals surface area contributed by atoms with E-state index in [0.717, 1.165) is 0 Å². The van der Waals surface area contributed by atoms with Crippen molar-refractivity contribution in [2.24, 2.45) is 0 Å². The van der Waals surface area contributed by atoms with E-state index < -0.39 is 6.16 Å². The summed E-state index contributed by atoms with van der Waals surface area (Å²) in [5.74, 6) is 0. The van der Waals surface area contributed by atoms with Gasteiger partial charge in [-0.1, -0.05) is 0 Å². The zero-order valence-corrected chi connectivity index (χ0v) is 4.70. The molecule has 0 N–H and O–H groups in total. The number of carbonyl (C=O) groups is 1. The molecule has 0 spiro atoms. The molecule has 1 radical (unpaired) electrons. The molecule has 0 aromatic heterocycles. The second-order valence-electron chi connectivity index (χ2n) is 0.250. The standard InChI is InChI=1S/CH2O3.Al.Cu/c2-1(3)4;;/h(H2,2,3,4);;/q;+3;+2/p-2. The molecule has 0 amide bonds. The summed E-state index contributed by atoms with van der Waals surface area (Å²) in [5, 5.41) is 16.7. The predicted octanol–water partition coefficient (Wildman–Crippen LogP) is -2.83. The van der Waals surface area contributed by atoms with Gasteiger partial charge in [0.1, 0.15) is 0 Å². The second kappa shape index (κ2) is 9.01. The van der Waals surface area contributed by atoms with Crippen molar-refractivity contribution in [1.29, 1.82) is 0 Å². The molecule has 33 valence electrons. The maximum Gasteiger partial charge on any atom is 3.00 e. The molecule has 0 aliphatic carbocycles. The smallest absolute Gasteiger partial charge is 0.652 e. The Bertz CT molecular complexity index is 33.8. The van der Waals surface area contributed by atoms with E-state index in [0.29, 0.717) is 0 Å². The molecule has 0 saturated heterocycles. The second-order valence-corrected chi connectivity index (χ2v) is 0.250. The van der Waals surface area contributed by atoms with Gasteiger partial charge in [0.25, 0.3) is 0 Å². The first-order valence-electron chi connectivity index (χ1n) is 0.612. The zero-order chi connectivity index (χ0) is 3.58. The fourth-order valence-corrected chi connectivity index (χ4v) is 0. The normalized spacial score (nSPS) is 4.00. The molecule has 5 heteroatoms. The van der Waals surface area contributed by atoms with Crippen LogP contribution in [-0.2, 0) is 17.1 Å². The third kappa shape index (κ3) is 460. The fraction of sp³-hybridized carbons (Fsp3) is 0. The van der Waals surface area contributed by atoms with Crippen molar-refractivity contribution < 1.29 is 32.1 Å². The van der Waals surface area contributed by atoms with Crippen LogP contribution in [0.2, 0.25) is 0 Å². The minimum Gasteiger partial charge on any atom is -0.652 e. The van der Waals surface area contributed by atoms with Gasteiger partial charge in [0, 0.05) is 0 Å². The largest absolute Gasteiger partial charge is 3.00 e. The average molecular weight is 151 g/mol. The van der Waals surface area contributed by atoms with E-state index in [-0.39, 0.29) is 34.4 Å². The summed E-state index contributed by atoms with van der Waals surface area (Å²) in [6.07, 6.45) is -2.33. The Kier molecular flexibility index (Phi) is 24.4. The van der Waals surface area contributed by atoms with E-state index in [1.54, 1.807) is 0 Å². The summed E-state index contributed by atoms with van der Waals surface area (Å²) in [7, 11) is 0. The van der Waals surface area contributed by atoms with Gasteiger partial charge in [0.05, 0.1) is 0 Å². The molecular weight excluding hydrogens is 151 g/mol.